The van der Waals surface area contributed by atoms with Gasteiger partial charge in [-0.1, -0.05) is 20.3 Å². The van der Waals surface area contributed by atoms with Crippen LogP contribution in [0.3, 0.4) is 0 Å². The van der Waals surface area contributed by atoms with E-state index in [-0.39, 0.29) is 0 Å². The molecule has 0 radical (unpaired) electrons. The summed E-state index contributed by atoms with van der Waals surface area (Å²) in [7, 11) is -4.28. The number of unbranched alkanes of at least 4 members (excludes halogenated alkanes) is 1. The van der Waals surface area contributed by atoms with Crippen LogP contribution in [-0.4, -0.2) is 30.1 Å². The Morgan fingerprint density at radius 2 is 2.14 bits per heavy atom. The molecule has 2 aromatic heterocycles. The van der Waals surface area contributed by atoms with Gasteiger partial charge >= 0.3 is 7.60 Å². The number of hydrogen-bond donors (Lipinski definition) is 2. The summed E-state index contributed by atoms with van der Waals surface area (Å²) in [5, 5.41) is 4.18. The predicted molar refractivity (Wildman–Crippen MR) is 89.1 cm³/mol. The smallest absolute Gasteiger partial charge is 0.323 e. The summed E-state index contributed by atoms with van der Waals surface area (Å²) in [6.07, 6.45) is 5.32. The van der Waals surface area contributed by atoms with Crippen molar-refractivity contribution in [2.75, 3.05) is 5.75 Å². The maximum Gasteiger partial charge on any atom is 0.344 e. The molecule has 6 nitrogen and oxygen atoms in total. The van der Waals surface area contributed by atoms with E-state index < -0.39 is 12.6 Å². The Hall–Kier alpha value is -0.880. The summed E-state index contributed by atoms with van der Waals surface area (Å²) in [6.45, 7) is 4.10. The molecule has 1 atom stereocenters. The second-order valence-corrected chi connectivity index (χ2v) is 8.45. The normalized spacial score (nSPS) is 13.6. The maximum absolute atomic E-state index is 11.9. The van der Waals surface area contributed by atoms with Crippen LogP contribution in [0.2, 0.25) is 0 Å². The summed E-state index contributed by atoms with van der Waals surface area (Å²) in [6, 6.07) is 3.56. The van der Waals surface area contributed by atoms with Crippen molar-refractivity contribution in [3.63, 3.8) is 0 Å². The van der Waals surface area contributed by atoms with E-state index >= 15 is 0 Å². The number of fused-ring (bicyclic) bond motifs is 1. The molecule has 2 heterocycles. The summed E-state index contributed by atoms with van der Waals surface area (Å²) in [4.78, 5) is 23.1. The molecule has 0 aromatic carbocycles. The van der Waals surface area contributed by atoms with Crippen LogP contribution in [0.4, 0.5) is 0 Å². The Bertz CT molecular complexity index is 670. The van der Waals surface area contributed by atoms with Crippen molar-refractivity contribution in [2.45, 2.75) is 44.5 Å². The van der Waals surface area contributed by atoms with Crippen molar-refractivity contribution in [1.29, 1.82) is 0 Å². The third-order valence-corrected chi connectivity index (χ3v) is 6.61. The van der Waals surface area contributed by atoms with E-state index in [9.17, 15) is 14.4 Å². The predicted octanol–water partition coefficient (Wildman–Crippen LogP) is 3.39. The van der Waals surface area contributed by atoms with Crippen molar-refractivity contribution in [3.8, 4) is 0 Å². The lowest BCUT2D eigenvalue weighted by Crippen LogP contribution is -2.08. The summed E-state index contributed by atoms with van der Waals surface area (Å²) < 4.78 is 13.5. The Morgan fingerprint density at radius 1 is 1.36 bits per heavy atom. The summed E-state index contributed by atoms with van der Waals surface area (Å²) in [5.74, 6) is 0.686. The average molecular weight is 343 g/mol. The van der Waals surface area contributed by atoms with Crippen LogP contribution in [0.1, 0.15) is 49.5 Å². The first-order valence-corrected chi connectivity index (χ1v) is 10.2. The first-order chi connectivity index (χ1) is 10.5. The van der Waals surface area contributed by atoms with Crippen LogP contribution in [-0.2, 0) is 11.0 Å². The van der Waals surface area contributed by atoms with Gasteiger partial charge in [-0.15, -0.1) is 11.8 Å². The molecular formula is C14H22N3O3PS. The fourth-order valence-corrected chi connectivity index (χ4v) is 4.66. The number of hydrogen-bond acceptors (Lipinski definition) is 4. The molecule has 0 aliphatic heterocycles. The number of aromatic nitrogens is 3. The fraction of sp³-hybridized carbons (Fsp3) is 0.571. The zero-order valence-electron chi connectivity index (χ0n) is 12.8. The maximum atomic E-state index is 11.9. The lowest BCUT2D eigenvalue weighted by molar-refractivity contribution is 0.369. The minimum Gasteiger partial charge on any atom is -0.323 e. The van der Waals surface area contributed by atoms with Crippen molar-refractivity contribution in [3.05, 3.63) is 29.7 Å². The zero-order chi connectivity index (χ0) is 16.2. The molecule has 0 spiro atoms. The molecule has 8 heteroatoms. The van der Waals surface area contributed by atoms with Gasteiger partial charge in [-0.3, -0.25) is 4.57 Å². The van der Waals surface area contributed by atoms with Gasteiger partial charge in [-0.05, 0) is 31.1 Å². The molecule has 0 saturated heterocycles. The van der Waals surface area contributed by atoms with Gasteiger partial charge in [0.25, 0.3) is 0 Å². The van der Waals surface area contributed by atoms with Crippen LogP contribution >= 0.6 is 19.4 Å². The van der Waals surface area contributed by atoms with Crippen molar-refractivity contribution >= 4 is 25.0 Å². The molecule has 0 amide bonds. The van der Waals surface area contributed by atoms with Crippen LogP contribution in [0, 0.1) is 0 Å². The Kier molecular flexibility index (Phi) is 6.03. The molecule has 122 valence electrons. The minimum absolute atomic E-state index is 0.535. The molecule has 22 heavy (non-hydrogen) atoms. The van der Waals surface area contributed by atoms with Crippen molar-refractivity contribution in [2.24, 2.45) is 0 Å². The van der Waals surface area contributed by atoms with Gasteiger partial charge in [0.05, 0.1) is 11.9 Å². The van der Waals surface area contributed by atoms with Gasteiger partial charge < -0.3 is 9.79 Å². The van der Waals surface area contributed by atoms with E-state index in [0.717, 1.165) is 31.4 Å². The SMILES string of the molecule is CCCCc1cc(C(SCCC)P(=O)(O)O)n2nccc2n1. The third-order valence-electron chi connectivity index (χ3n) is 3.26. The summed E-state index contributed by atoms with van der Waals surface area (Å²) >= 11 is 1.28. The van der Waals surface area contributed by atoms with Crippen LogP contribution in [0.5, 0.6) is 0 Å². The standard InChI is InChI=1S/C14H22N3O3PS/c1-3-5-6-11-10-12(17-13(16-11)7-8-15-17)14(21(18,19)20)22-9-4-2/h7-8,10,14H,3-6,9H2,1-2H3,(H2,18,19,20). The van der Waals surface area contributed by atoms with E-state index in [4.69, 9.17) is 0 Å². The van der Waals surface area contributed by atoms with Crippen LogP contribution < -0.4 is 0 Å². The third kappa shape index (κ3) is 4.10. The zero-order valence-corrected chi connectivity index (χ0v) is 14.6. The van der Waals surface area contributed by atoms with E-state index in [0.29, 0.717) is 17.1 Å². The minimum atomic E-state index is -4.28. The molecule has 0 aliphatic carbocycles. The summed E-state index contributed by atoms with van der Waals surface area (Å²) in [5.41, 5.74) is 2.03. The number of thioether (sulfide) groups is 1. The Balaban J connectivity index is 2.49. The molecule has 2 aromatic rings. The molecule has 0 fully saturated rings. The Labute approximate surface area is 134 Å². The average Bonchev–Trinajstić information content (AvgIpc) is 2.92. The highest BCUT2D eigenvalue weighted by molar-refractivity contribution is 8.04. The number of aryl methyl sites for hydroxylation is 1. The Morgan fingerprint density at radius 3 is 2.77 bits per heavy atom. The molecule has 0 saturated carbocycles. The lowest BCUT2D eigenvalue weighted by Gasteiger charge is -2.19. The van der Waals surface area contributed by atoms with Crippen molar-refractivity contribution < 1.29 is 14.4 Å². The van der Waals surface area contributed by atoms with E-state index in [1.165, 1.54) is 11.8 Å². The van der Waals surface area contributed by atoms with Gasteiger partial charge in [-0.2, -0.15) is 5.10 Å². The second-order valence-electron chi connectivity index (χ2n) is 5.19. The number of rotatable bonds is 8. The molecule has 0 bridgehead atoms. The van der Waals surface area contributed by atoms with E-state index in [1.54, 1.807) is 22.8 Å². The van der Waals surface area contributed by atoms with E-state index in [2.05, 4.69) is 17.0 Å². The first kappa shape index (κ1) is 17.5. The number of nitrogens with zero attached hydrogens (tertiary/aromatic N) is 3. The van der Waals surface area contributed by atoms with Gasteiger partial charge in [0.15, 0.2) is 5.65 Å². The van der Waals surface area contributed by atoms with Crippen LogP contribution in [0.25, 0.3) is 5.65 Å². The van der Waals surface area contributed by atoms with Gasteiger partial charge in [0.2, 0.25) is 0 Å². The molecule has 0 aliphatic rings. The largest absolute Gasteiger partial charge is 0.344 e. The molecule has 1 unspecified atom stereocenters. The topological polar surface area (TPSA) is 87.7 Å². The van der Waals surface area contributed by atoms with Gasteiger partial charge in [-0.25, -0.2) is 9.50 Å². The highest BCUT2D eigenvalue weighted by Gasteiger charge is 2.33. The molecule has 2 N–H and O–H groups in total. The molecule has 2 rings (SSSR count). The van der Waals surface area contributed by atoms with Gasteiger partial charge in [0, 0.05) is 11.8 Å². The van der Waals surface area contributed by atoms with Gasteiger partial charge in [0.1, 0.15) is 4.99 Å². The fourth-order valence-electron chi connectivity index (χ4n) is 2.24. The second kappa shape index (κ2) is 7.59. The highest BCUT2D eigenvalue weighted by Crippen LogP contribution is 2.58. The quantitative estimate of drug-likeness (QED) is 0.714. The lowest BCUT2D eigenvalue weighted by atomic mass is 10.2. The van der Waals surface area contributed by atoms with Crippen molar-refractivity contribution in [1.82, 2.24) is 14.6 Å². The monoisotopic (exact) mass is 343 g/mol. The van der Waals surface area contributed by atoms with E-state index in [1.807, 2.05) is 6.92 Å². The van der Waals surface area contributed by atoms with Crippen LogP contribution in [0.15, 0.2) is 18.3 Å². The first-order valence-electron chi connectivity index (χ1n) is 7.47. The molecular weight excluding hydrogens is 321 g/mol. The highest BCUT2D eigenvalue weighted by atomic mass is 32.2.